The van der Waals surface area contributed by atoms with Crippen LogP contribution in [0, 0.1) is 0 Å². The van der Waals surface area contributed by atoms with E-state index in [1.165, 1.54) is 12.1 Å². The second-order valence-corrected chi connectivity index (χ2v) is 8.80. The van der Waals surface area contributed by atoms with Crippen LogP contribution < -0.4 is 21.3 Å². The van der Waals surface area contributed by atoms with E-state index in [0.717, 1.165) is 11.1 Å². The molecule has 5 N–H and O–H groups in total. The van der Waals surface area contributed by atoms with Gasteiger partial charge in [-0.15, -0.1) is 0 Å². The zero-order valence-corrected chi connectivity index (χ0v) is 20.9. The Morgan fingerprint density at radius 1 is 0.605 bits per heavy atom. The lowest BCUT2D eigenvalue weighted by Gasteiger charge is -2.30. The average Bonchev–Trinajstić information content (AvgIpc) is 2.93. The maximum absolute atomic E-state index is 13.1. The van der Waals surface area contributed by atoms with E-state index in [1.54, 1.807) is 36.4 Å². The molecule has 0 radical (unpaired) electrons. The van der Waals surface area contributed by atoms with Crippen LogP contribution in [0.5, 0.6) is 0 Å². The van der Waals surface area contributed by atoms with Crippen molar-refractivity contribution in [2.45, 2.75) is 12.1 Å². The lowest BCUT2D eigenvalue weighted by Crippen LogP contribution is -2.43. The van der Waals surface area contributed by atoms with Gasteiger partial charge in [-0.1, -0.05) is 78.3 Å². The minimum absolute atomic E-state index is 0.0464. The lowest BCUT2D eigenvalue weighted by atomic mass is 9.93. The van der Waals surface area contributed by atoms with Gasteiger partial charge in [-0.3, -0.25) is 0 Å². The Morgan fingerprint density at radius 2 is 1.11 bits per heavy atom. The Morgan fingerprint density at radius 3 is 1.61 bits per heavy atom. The highest BCUT2D eigenvalue weighted by atomic mass is 35.5. The van der Waals surface area contributed by atoms with Crippen LogP contribution in [0.1, 0.15) is 33.6 Å². The Kier molecular flexibility index (Phi) is 8.58. The number of aromatic carboxylic acids is 1. The summed E-state index contributed by atoms with van der Waals surface area (Å²) in [5, 5.41) is 21.2. The molecule has 0 aliphatic rings. The highest BCUT2D eigenvalue weighted by molar-refractivity contribution is 6.30. The summed E-state index contributed by atoms with van der Waals surface area (Å²) in [6, 6.07) is 28.8. The van der Waals surface area contributed by atoms with Crippen molar-refractivity contribution in [3.8, 4) is 0 Å². The van der Waals surface area contributed by atoms with Crippen molar-refractivity contribution >= 4 is 41.0 Å². The molecule has 0 saturated carbocycles. The van der Waals surface area contributed by atoms with E-state index in [4.69, 9.17) is 11.6 Å². The fourth-order valence-electron chi connectivity index (χ4n) is 3.92. The summed E-state index contributed by atoms with van der Waals surface area (Å²) in [4.78, 5) is 37.5. The van der Waals surface area contributed by atoms with Crippen molar-refractivity contribution in [1.29, 1.82) is 0 Å². The molecule has 4 aromatic rings. The third kappa shape index (κ3) is 7.11. The first-order valence-corrected chi connectivity index (χ1v) is 12.1. The average molecular weight is 529 g/mol. The van der Waals surface area contributed by atoms with Crippen LogP contribution in [-0.4, -0.2) is 23.1 Å². The summed E-state index contributed by atoms with van der Waals surface area (Å²) in [5.74, 6) is -1.10. The third-order valence-corrected chi connectivity index (χ3v) is 5.95. The molecule has 38 heavy (non-hydrogen) atoms. The van der Waals surface area contributed by atoms with Gasteiger partial charge >= 0.3 is 18.0 Å². The minimum Gasteiger partial charge on any atom is -0.478 e. The van der Waals surface area contributed by atoms with Crippen LogP contribution in [-0.2, 0) is 0 Å². The molecular formula is C29H25ClN4O4. The van der Waals surface area contributed by atoms with Gasteiger partial charge in [0, 0.05) is 16.4 Å². The molecule has 0 spiro atoms. The number of anilines is 2. The van der Waals surface area contributed by atoms with E-state index in [9.17, 15) is 19.5 Å². The first-order valence-electron chi connectivity index (χ1n) is 11.7. The molecule has 0 fully saturated rings. The molecular weight excluding hydrogens is 504 g/mol. The summed E-state index contributed by atoms with van der Waals surface area (Å²) >= 11 is 5.95. The van der Waals surface area contributed by atoms with Gasteiger partial charge in [0.15, 0.2) is 0 Å². The highest BCUT2D eigenvalue weighted by Gasteiger charge is 2.28. The summed E-state index contributed by atoms with van der Waals surface area (Å²) in [6.07, 6.45) is 0. The zero-order valence-electron chi connectivity index (χ0n) is 20.1. The lowest BCUT2D eigenvalue weighted by molar-refractivity contribution is 0.0697. The van der Waals surface area contributed by atoms with E-state index in [-0.39, 0.29) is 5.56 Å². The zero-order chi connectivity index (χ0) is 26.9. The van der Waals surface area contributed by atoms with Gasteiger partial charge in [-0.05, 0) is 53.6 Å². The van der Waals surface area contributed by atoms with Gasteiger partial charge in [0.2, 0.25) is 0 Å². The van der Waals surface area contributed by atoms with E-state index in [0.29, 0.717) is 16.4 Å². The first-order chi connectivity index (χ1) is 18.4. The topological polar surface area (TPSA) is 120 Å². The molecule has 8 nitrogen and oxygen atoms in total. The van der Waals surface area contributed by atoms with Gasteiger partial charge in [0.1, 0.15) is 0 Å². The molecule has 0 bridgehead atoms. The second kappa shape index (κ2) is 12.4. The number of hydrogen-bond donors (Lipinski definition) is 5. The molecule has 0 saturated heterocycles. The Labute approximate surface area is 224 Å². The molecule has 2 atom stereocenters. The molecule has 0 aromatic heterocycles. The van der Waals surface area contributed by atoms with E-state index >= 15 is 0 Å². The normalized spacial score (nSPS) is 12.0. The third-order valence-electron chi connectivity index (χ3n) is 5.69. The predicted octanol–water partition coefficient (Wildman–Crippen LogP) is 6.46. The molecule has 4 aromatic carbocycles. The summed E-state index contributed by atoms with van der Waals surface area (Å²) in [6.45, 7) is 0. The summed E-state index contributed by atoms with van der Waals surface area (Å²) in [5.41, 5.74) is 2.44. The van der Waals surface area contributed by atoms with Crippen molar-refractivity contribution in [2.24, 2.45) is 0 Å². The van der Waals surface area contributed by atoms with Crippen LogP contribution in [0.2, 0.25) is 5.02 Å². The largest absolute Gasteiger partial charge is 0.478 e. The van der Waals surface area contributed by atoms with Gasteiger partial charge in [0.25, 0.3) is 0 Å². The van der Waals surface area contributed by atoms with Crippen molar-refractivity contribution < 1.29 is 19.5 Å². The SMILES string of the molecule is O=C(Nc1ccc(Cl)cc1)NC(c1ccccc1)C(NC(=O)Nc1cccc(C(=O)O)c1)c1ccccc1. The van der Waals surface area contributed by atoms with E-state index < -0.39 is 30.1 Å². The quantitative estimate of drug-likeness (QED) is 0.180. The number of amides is 4. The highest BCUT2D eigenvalue weighted by Crippen LogP contribution is 2.29. The Hall–Kier alpha value is -4.82. The van der Waals surface area contributed by atoms with Crippen molar-refractivity contribution in [2.75, 3.05) is 10.6 Å². The van der Waals surface area contributed by atoms with Crippen LogP contribution >= 0.6 is 11.6 Å². The van der Waals surface area contributed by atoms with Crippen molar-refractivity contribution in [3.05, 3.63) is 131 Å². The van der Waals surface area contributed by atoms with Crippen LogP contribution in [0.3, 0.4) is 0 Å². The molecule has 0 aliphatic carbocycles. The Balaban J connectivity index is 1.61. The van der Waals surface area contributed by atoms with Crippen LogP contribution in [0.4, 0.5) is 21.0 Å². The molecule has 9 heteroatoms. The second-order valence-electron chi connectivity index (χ2n) is 8.37. The number of benzene rings is 4. The number of carboxylic acid groups (broad SMARTS) is 1. The minimum atomic E-state index is -1.10. The molecule has 0 heterocycles. The fourth-order valence-corrected chi connectivity index (χ4v) is 4.05. The van der Waals surface area contributed by atoms with Gasteiger partial charge in [-0.2, -0.15) is 0 Å². The Bertz CT molecular complexity index is 1400. The van der Waals surface area contributed by atoms with Gasteiger partial charge in [0.05, 0.1) is 17.6 Å². The van der Waals surface area contributed by atoms with Crippen molar-refractivity contribution in [3.63, 3.8) is 0 Å². The maximum atomic E-state index is 13.1. The van der Waals surface area contributed by atoms with E-state index in [2.05, 4.69) is 21.3 Å². The number of urea groups is 2. The summed E-state index contributed by atoms with van der Waals surface area (Å²) in [7, 11) is 0. The smallest absolute Gasteiger partial charge is 0.335 e. The standard InChI is InChI=1S/C29H25ClN4O4/c30-22-14-16-23(17-15-22)31-28(37)33-25(19-8-3-1-4-9-19)26(20-10-5-2-6-11-20)34-29(38)32-24-13-7-12-21(18-24)27(35)36/h1-18,25-26H,(H,35,36)(H2,31,33,37)(H2,32,34,38). The number of carbonyl (C=O) groups excluding carboxylic acids is 2. The van der Waals surface area contributed by atoms with E-state index in [1.807, 2.05) is 60.7 Å². The number of halogens is 1. The molecule has 0 aliphatic heterocycles. The van der Waals surface area contributed by atoms with Crippen LogP contribution in [0.15, 0.2) is 109 Å². The molecule has 4 rings (SSSR count). The van der Waals surface area contributed by atoms with Gasteiger partial charge < -0.3 is 26.4 Å². The number of hydrogen-bond acceptors (Lipinski definition) is 3. The maximum Gasteiger partial charge on any atom is 0.335 e. The molecule has 2 unspecified atom stereocenters. The molecule has 192 valence electrons. The predicted molar refractivity (Wildman–Crippen MR) is 148 cm³/mol. The first kappa shape index (κ1) is 26.2. The van der Waals surface area contributed by atoms with Crippen LogP contribution in [0.25, 0.3) is 0 Å². The van der Waals surface area contributed by atoms with Crippen molar-refractivity contribution in [1.82, 2.24) is 10.6 Å². The number of nitrogens with one attached hydrogen (secondary N) is 4. The monoisotopic (exact) mass is 528 g/mol. The fraction of sp³-hybridized carbons (Fsp3) is 0.0690. The number of carboxylic acids is 1. The molecule has 4 amide bonds. The number of carbonyl (C=O) groups is 3. The van der Waals surface area contributed by atoms with Gasteiger partial charge in [-0.25, -0.2) is 14.4 Å². The number of rotatable bonds is 8. The summed E-state index contributed by atoms with van der Waals surface area (Å²) < 4.78 is 0.